The second-order valence-corrected chi connectivity index (χ2v) is 6.69. The highest BCUT2D eigenvalue weighted by Gasteiger charge is 2.30. The Labute approximate surface area is 164 Å². The molecule has 2 heterocycles. The number of anilines is 1. The van der Waals surface area contributed by atoms with Gasteiger partial charge in [-0.3, -0.25) is 14.3 Å². The second kappa shape index (κ2) is 7.68. The Morgan fingerprint density at radius 2 is 1.75 bits per heavy atom. The zero-order valence-electron chi connectivity index (χ0n) is 15.8. The lowest BCUT2D eigenvalue weighted by molar-refractivity contribution is -0.120. The van der Waals surface area contributed by atoms with E-state index in [1.54, 1.807) is 26.7 Å². The van der Waals surface area contributed by atoms with E-state index >= 15 is 0 Å². The van der Waals surface area contributed by atoms with Crippen LogP contribution in [-0.2, 0) is 11.3 Å². The predicted octanol–water partition coefficient (Wildman–Crippen LogP) is 3.06. The number of piperazine rings is 1. The zero-order chi connectivity index (χ0) is 19.5. The lowest BCUT2D eigenvalue weighted by Gasteiger charge is -2.35. The van der Waals surface area contributed by atoms with Gasteiger partial charge in [0.25, 0.3) is 5.91 Å². The third-order valence-electron chi connectivity index (χ3n) is 5.02. The average Bonchev–Trinajstić information content (AvgIpc) is 3.23. The minimum Gasteiger partial charge on any atom is -0.326 e. The zero-order valence-corrected chi connectivity index (χ0v) is 15.8. The van der Waals surface area contributed by atoms with Crippen molar-refractivity contribution in [3.8, 4) is 11.1 Å². The Morgan fingerprint density at radius 3 is 2.50 bits per heavy atom. The van der Waals surface area contributed by atoms with E-state index in [-0.39, 0.29) is 18.4 Å². The van der Waals surface area contributed by atoms with Crippen molar-refractivity contribution in [3.63, 3.8) is 0 Å². The summed E-state index contributed by atoms with van der Waals surface area (Å²) in [4.78, 5) is 29.1. The molecule has 1 aliphatic rings. The fourth-order valence-corrected chi connectivity index (χ4v) is 3.60. The molecule has 2 aromatic carbocycles. The molecule has 0 unspecified atom stereocenters. The molecular weight excluding hydrogens is 352 g/mol. The van der Waals surface area contributed by atoms with Crippen LogP contribution in [0, 0.1) is 0 Å². The number of rotatable bonds is 4. The van der Waals surface area contributed by atoms with E-state index in [1.165, 1.54) is 0 Å². The number of nitrogens with zero attached hydrogens (tertiary/aromatic N) is 4. The van der Waals surface area contributed by atoms with Gasteiger partial charge in [-0.05, 0) is 24.6 Å². The maximum absolute atomic E-state index is 12.9. The standard InChI is InChI=1S/C22H22N4O2/c1-2-26-20(12-13-23-26)22(28)24-14-15-25(21(27)16-24)19-11-7-6-10-18(19)17-8-4-3-5-9-17/h3-13H,2,14-16H2,1H3. The van der Waals surface area contributed by atoms with Crippen molar-refractivity contribution in [2.75, 3.05) is 24.5 Å². The SMILES string of the molecule is CCn1nccc1C(=O)N1CCN(c2ccccc2-c2ccccc2)C(=O)C1. The lowest BCUT2D eigenvalue weighted by atomic mass is 10.0. The maximum Gasteiger partial charge on any atom is 0.272 e. The number of amides is 2. The smallest absolute Gasteiger partial charge is 0.272 e. The van der Waals surface area contributed by atoms with Crippen molar-refractivity contribution in [2.24, 2.45) is 0 Å². The molecule has 0 bridgehead atoms. The van der Waals surface area contributed by atoms with Crippen LogP contribution in [0.2, 0.25) is 0 Å². The predicted molar refractivity (Wildman–Crippen MR) is 108 cm³/mol. The highest BCUT2D eigenvalue weighted by molar-refractivity contribution is 6.03. The number of benzene rings is 2. The van der Waals surface area contributed by atoms with Gasteiger partial charge >= 0.3 is 0 Å². The third-order valence-corrected chi connectivity index (χ3v) is 5.02. The molecule has 0 saturated carbocycles. The number of carbonyl (C=O) groups excluding carboxylic acids is 2. The normalized spacial score (nSPS) is 14.4. The molecule has 6 nitrogen and oxygen atoms in total. The Balaban J connectivity index is 1.56. The molecule has 0 spiro atoms. The van der Waals surface area contributed by atoms with Crippen LogP contribution in [0.25, 0.3) is 11.1 Å². The van der Waals surface area contributed by atoms with E-state index in [9.17, 15) is 9.59 Å². The van der Waals surface area contributed by atoms with Crippen LogP contribution in [-0.4, -0.2) is 46.1 Å². The number of carbonyl (C=O) groups is 2. The van der Waals surface area contributed by atoms with E-state index in [4.69, 9.17) is 0 Å². The van der Waals surface area contributed by atoms with Crippen LogP contribution in [0.3, 0.4) is 0 Å². The van der Waals surface area contributed by atoms with Gasteiger partial charge in [-0.15, -0.1) is 0 Å². The van der Waals surface area contributed by atoms with Gasteiger partial charge in [0.05, 0.1) is 5.69 Å². The van der Waals surface area contributed by atoms with Crippen LogP contribution in [0.1, 0.15) is 17.4 Å². The first kappa shape index (κ1) is 18.0. The highest BCUT2D eigenvalue weighted by Crippen LogP contribution is 2.31. The lowest BCUT2D eigenvalue weighted by Crippen LogP contribution is -2.52. The monoisotopic (exact) mass is 374 g/mol. The van der Waals surface area contributed by atoms with Crippen molar-refractivity contribution in [2.45, 2.75) is 13.5 Å². The number of hydrogen-bond acceptors (Lipinski definition) is 3. The molecule has 2 amide bonds. The quantitative estimate of drug-likeness (QED) is 0.705. The number of hydrogen-bond donors (Lipinski definition) is 0. The summed E-state index contributed by atoms with van der Waals surface area (Å²) in [7, 11) is 0. The number of aromatic nitrogens is 2. The molecule has 0 aliphatic carbocycles. The summed E-state index contributed by atoms with van der Waals surface area (Å²) in [6.45, 7) is 3.58. The van der Waals surface area contributed by atoms with Crippen molar-refractivity contribution in [1.29, 1.82) is 0 Å². The highest BCUT2D eigenvalue weighted by atomic mass is 16.2. The van der Waals surface area contributed by atoms with Gasteiger partial charge in [0.15, 0.2) is 0 Å². The van der Waals surface area contributed by atoms with Gasteiger partial charge < -0.3 is 9.80 Å². The van der Waals surface area contributed by atoms with Gasteiger partial charge in [0, 0.05) is 31.4 Å². The topological polar surface area (TPSA) is 58.4 Å². The third kappa shape index (κ3) is 3.29. The van der Waals surface area contributed by atoms with Crippen molar-refractivity contribution >= 4 is 17.5 Å². The summed E-state index contributed by atoms with van der Waals surface area (Å²) in [5.74, 6) is -0.228. The van der Waals surface area contributed by atoms with Gasteiger partial charge in [-0.2, -0.15) is 5.10 Å². The summed E-state index contributed by atoms with van der Waals surface area (Å²) in [6.07, 6.45) is 1.62. The van der Waals surface area contributed by atoms with Crippen LogP contribution in [0.15, 0.2) is 66.9 Å². The first-order chi connectivity index (χ1) is 13.7. The van der Waals surface area contributed by atoms with E-state index < -0.39 is 0 Å². The van der Waals surface area contributed by atoms with Gasteiger partial charge in [-0.25, -0.2) is 0 Å². The molecule has 0 N–H and O–H groups in total. The van der Waals surface area contributed by atoms with Crippen LogP contribution < -0.4 is 4.90 Å². The van der Waals surface area contributed by atoms with Crippen LogP contribution in [0.4, 0.5) is 5.69 Å². The summed E-state index contributed by atoms with van der Waals surface area (Å²) < 4.78 is 1.66. The first-order valence-electron chi connectivity index (χ1n) is 9.45. The molecular formula is C22H22N4O2. The van der Waals surface area contributed by atoms with Crippen LogP contribution in [0.5, 0.6) is 0 Å². The minimum atomic E-state index is -0.149. The number of para-hydroxylation sites is 1. The molecule has 0 radical (unpaired) electrons. The summed E-state index contributed by atoms with van der Waals surface area (Å²) in [5, 5.41) is 4.15. The van der Waals surface area contributed by atoms with E-state index in [1.807, 2.05) is 61.5 Å². The van der Waals surface area contributed by atoms with Crippen molar-refractivity contribution in [1.82, 2.24) is 14.7 Å². The first-order valence-corrected chi connectivity index (χ1v) is 9.45. The van der Waals surface area contributed by atoms with Gasteiger partial charge in [0.2, 0.25) is 5.91 Å². The van der Waals surface area contributed by atoms with E-state index in [0.29, 0.717) is 25.3 Å². The second-order valence-electron chi connectivity index (χ2n) is 6.69. The molecule has 1 aliphatic heterocycles. The largest absolute Gasteiger partial charge is 0.326 e. The molecule has 1 saturated heterocycles. The number of aryl methyl sites for hydroxylation is 1. The Kier molecular flexibility index (Phi) is 4.93. The van der Waals surface area contributed by atoms with Crippen molar-refractivity contribution in [3.05, 3.63) is 72.6 Å². The fraction of sp³-hybridized carbons (Fsp3) is 0.227. The summed E-state index contributed by atoms with van der Waals surface area (Å²) in [6, 6.07) is 19.6. The van der Waals surface area contributed by atoms with Gasteiger partial charge in [0.1, 0.15) is 12.2 Å². The molecule has 28 heavy (non-hydrogen) atoms. The van der Waals surface area contributed by atoms with Crippen molar-refractivity contribution < 1.29 is 9.59 Å². The molecule has 4 rings (SSSR count). The fourth-order valence-electron chi connectivity index (χ4n) is 3.60. The molecule has 3 aromatic rings. The Hall–Kier alpha value is -3.41. The van der Waals surface area contributed by atoms with E-state index in [2.05, 4.69) is 5.10 Å². The van der Waals surface area contributed by atoms with E-state index in [0.717, 1.165) is 16.8 Å². The maximum atomic E-state index is 12.9. The Morgan fingerprint density at radius 1 is 1.00 bits per heavy atom. The summed E-state index contributed by atoms with van der Waals surface area (Å²) >= 11 is 0. The summed E-state index contributed by atoms with van der Waals surface area (Å²) in [5.41, 5.74) is 3.48. The Bertz CT molecular complexity index is 997. The molecule has 6 heteroatoms. The average molecular weight is 374 g/mol. The molecule has 1 aromatic heterocycles. The van der Waals surface area contributed by atoms with Gasteiger partial charge in [-0.1, -0.05) is 48.5 Å². The molecule has 1 fully saturated rings. The minimum absolute atomic E-state index is 0.0663. The molecule has 0 atom stereocenters. The van der Waals surface area contributed by atoms with Crippen LogP contribution >= 0.6 is 0 Å². The molecule has 142 valence electrons.